The summed E-state index contributed by atoms with van der Waals surface area (Å²) in [5.74, 6) is -0.795. The molecule has 0 radical (unpaired) electrons. The fourth-order valence-corrected chi connectivity index (χ4v) is 3.70. The Labute approximate surface area is 191 Å². The van der Waals surface area contributed by atoms with Crippen LogP contribution in [0.15, 0.2) is 78.5 Å². The van der Waals surface area contributed by atoms with Gasteiger partial charge in [0.15, 0.2) is 0 Å². The highest BCUT2D eigenvalue weighted by Crippen LogP contribution is 2.36. The zero-order valence-corrected chi connectivity index (χ0v) is 18.6. The summed E-state index contributed by atoms with van der Waals surface area (Å²) in [6.07, 6.45) is 0. The lowest BCUT2D eigenvalue weighted by Crippen LogP contribution is -2.32. The molecule has 2 amide bonds. The van der Waals surface area contributed by atoms with Gasteiger partial charge >= 0.3 is 0 Å². The largest absolute Gasteiger partial charge is 0.496 e. The molecule has 0 spiro atoms. The molecule has 3 aromatic rings. The monoisotopic (exact) mass is 445 g/mol. The molecule has 1 aliphatic rings. The van der Waals surface area contributed by atoms with Gasteiger partial charge < -0.3 is 15.0 Å². The smallest absolute Gasteiger partial charge is 0.278 e. The lowest BCUT2D eigenvalue weighted by molar-refractivity contribution is -0.137. The molecule has 168 valence electrons. The summed E-state index contributed by atoms with van der Waals surface area (Å²) in [5.41, 5.74) is 3.25. The molecule has 1 N–H and O–H groups in total. The molecule has 1 aliphatic heterocycles. The van der Waals surface area contributed by atoms with Crippen molar-refractivity contribution >= 4 is 28.8 Å². The highest BCUT2D eigenvalue weighted by molar-refractivity contribution is 6.36. The van der Waals surface area contributed by atoms with E-state index in [0.717, 1.165) is 10.6 Å². The second kappa shape index (κ2) is 9.16. The molecule has 33 heavy (non-hydrogen) atoms. The number of halogens is 1. The summed E-state index contributed by atoms with van der Waals surface area (Å²) in [5, 5.41) is 3.15. The van der Waals surface area contributed by atoms with Gasteiger partial charge in [0.05, 0.1) is 19.2 Å². The van der Waals surface area contributed by atoms with Gasteiger partial charge in [-0.05, 0) is 48.0 Å². The van der Waals surface area contributed by atoms with E-state index in [1.54, 1.807) is 36.4 Å². The molecular formula is C26H24FN3O3. The normalized spacial score (nSPS) is 13.5. The first-order valence-corrected chi connectivity index (χ1v) is 10.4. The van der Waals surface area contributed by atoms with Gasteiger partial charge in [0.1, 0.15) is 17.3 Å². The Kier molecular flexibility index (Phi) is 6.13. The van der Waals surface area contributed by atoms with Crippen LogP contribution in [-0.2, 0) is 16.1 Å². The maximum absolute atomic E-state index is 13.5. The van der Waals surface area contributed by atoms with Crippen molar-refractivity contribution in [2.75, 3.05) is 31.4 Å². The average molecular weight is 445 g/mol. The second-order valence-corrected chi connectivity index (χ2v) is 7.84. The summed E-state index contributed by atoms with van der Waals surface area (Å²) >= 11 is 0. The number of imide groups is 1. The summed E-state index contributed by atoms with van der Waals surface area (Å²) in [4.78, 5) is 30.0. The number of anilines is 2. The quantitative estimate of drug-likeness (QED) is 0.550. The number of ether oxygens (including phenoxy) is 1. The first kappa shape index (κ1) is 22.1. The molecule has 0 aliphatic carbocycles. The van der Waals surface area contributed by atoms with Gasteiger partial charge in [-0.3, -0.25) is 14.5 Å². The van der Waals surface area contributed by atoms with Gasteiger partial charge in [0.2, 0.25) is 0 Å². The molecule has 0 saturated heterocycles. The number of nitrogens with one attached hydrogen (secondary N) is 1. The Hall–Kier alpha value is -4.13. The third kappa shape index (κ3) is 4.43. The van der Waals surface area contributed by atoms with Gasteiger partial charge in [0.25, 0.3) is 11.8 Å². The lowest BCUT2D eigenvalue weighted by atomic mass is 10.0. The van der Waals surface area contributed by atoms with E-state index < -0.39 is 11.8 Å². The van der Waals surface area contributed by atoms with E-state index in [9.17, 15) is 14.0 Å². The second-order valence-electron chi connectivity index (χ2n) is 7.84. The Morgan fingerprint density at radius 1 is 0.909 bits per heavy atom. The van der Waals surface area contributed by atoms with E-state index in [-0.39, 0.29) is 23.6 Å². The zero-order valence-electron chi connectivity index (χ0n) is 18.6. The maximum Gasteiger partial charge on any atom is 0.278 e. The number of carbonyl (C=O) groups excluding carboxylic acids is 2. The summed E-state index contributed by atoms with van der Waals surface area (Å²) in [6, 6.07) is 20.3. The molecule has 0 bridgehead atoms. The van der Waals surface area contributed by atoms with Crippen molar-refractivity contribution in [3.8, 4) is 5.75 Å². The average Bonchev–Trinajstić information content (AvgIpc) is 3.04. The predicted octanol–water partition coefficient (Wildman–Crippen LogP) is 4.29. The van der Waals surface area contributed by atoms with Crippen molar-refractivity contribution in [2.45, 2.75) is 6.54 Å². The van der Waals surface area contributed by atoms with Gasteiger partial charge in [-0.2, -0.15) is 0 Å². The van der Waals surface area contributed by atoms with E-state index in [2.05, 4.69) is 5.32 Å². The van der Waals surface area contributed by atoms with Crippen molar-refractivity contribution < 1.29 is 18.7 Å². The van der Waals surface area contributed by atoms with Gasteiger partial charge in [-0.1, -0.05) is 30.3 Å². The van der Waals surface area contributed by atoms with Crippen molar-refractivity contribution in [1.82, 2.24) is 4.90 Å². The van der Waals surface area contributed by atoms with Crippen molar-refractivity contribution in [2.24, 2.45) is 0 Å². The number of carbonyl (C=O) groups is 2. The van der Waals surface area contributed by atoms with Crippen LogP contribution in [0.5, 0.6) is 5.75 Å². The molecule has 1 heterocycles. The van der Waals surface area contributed by atoms with Crippen LogP contribution < -0.4 is 15.0 Å². The number of amides is 2. The number of hydrogen-bond acceptors (Lipinski definition) is 5. The van der Waals surface area contributed by atoms with Gasteiger partial charge in [-0.25, -0.2) is 4.39 Å². The molecule has 4 rings (SSSR count). The molecule has 6 nitrogen and oxygen atoms in total. The summed E-state index contributed by atoms with van der Waals surface area (Å²) < 4.78 is 18.8. The number of rotatable bonds is 7. The third-order valence-corrected chi connectivity index (χ3v) is 5.45. The maximum atomic E-state index is 13.5. The molecule has 3 aromatic carbocycles. The third-order valence-electron chi connectivity index (χ3n) is 5.45. The number of para-hydroxylation sites is 1. The van der Waals surface area contributed by atoms with Crippen LogP contribution in [0.1, 0.15) is 11.1 Å². The van der Waals surface area contributed by atoms with E-state index in [1.165, 1.54) is 19.2 Å². The first-order valence-electron chi connectivity index (χ1n) is 10.4. The molecule has 0 fully saturated rings. The van der Waals surface area contributed by atoms with Crippen molar-refractivity contribution in [1.29, 1.82) is 0 Å². The Bertz CT molecular complexity index is 1220. The van der Waals surface area contributed by atoms with Crippen molar-refractivity contribution in [3.63, 3.8) is 0 Å². The van der Waals surface area contributed by atoms with Crippen LogP contribution in [0.25, 0.3) is 5.57 Å². The number of nitrogens with zero attached hydrogens (tertiary/aromatic N) is 2. The van der Waals surface area contributed by atoms with Crippen LogP contribution in [-0.4, -0.2) is 37.9 Å². The van der Waals surface area contributed by atoms with Crippen LogP contribution in [0, 0.1) is 5.82 Å². The molecular weight excluding hydrogens is 421 g/mol. The topological polar surface area (TPSA) is 61.9 Å². The van der Waals surface area contributed by atoms with E-state index >= 15 is 0 Å². The standard InChI is InChI=1S/C26H24FN3O3/c1-29(2)20-14-12-19(13-15-20)28-24-23(21-6-4-5-7-22(21)33-3)25(31)30(26(24)32)16-17-8-10-18(27)11-9-17/h4-15,28H,16H2,1-3H3. The minimum absolute atomic E-state index is 0.0291. The molecule has 0 aromatic heterocycles. The van der Waals surface area contributed by atoms with Crippen LogP contribution in [0.3, 0.4) is 0 Å². The number of benzene rings is 3. The Morgan fingerprint density at radius 2 is 1.58 bits per heavy atom. The number of hydrogen-bond donors (Lipinski definition) is 1. The Morgan fingerprint density at radius 3 is 2.21 bits per heavy atom. The fourth-order valence-electron chi connectivity index (χ4n) is 3.70. The summed E-state index contributed by atoms with van der Waals surface area (Å²) in [7, 11) is 5.40. The molecule has 0 unspecified atom stereocenters. The van der Waals surface area contributed by atoms with Gasteiger partial charge in [-0.15, -0.1) is 0 Å². The first-order chi connectivity index (χ1) is 15.9. The lowest BCUT2D eigenvalue weighted by Gasteiger charge is -2.16. The predicted molar refractivity (Wildman–Crippen MR) is 126 cm³/mol. The van der Waals surface area contributed by atoms with Crippen LogP contribution in [0.2, 0.25) is 0 Å². The zero-order chi connectivity index (χ0) is 23.5. The molecule has 0 saturated carbocycles. The highest BCUT2D eigenvalue weighted by atomic mass is 19.1. The van der Waals surface area contributed by atoms with Gasteiger partial charge in [0, 0.05) is 31.0 Å². The fraction of sp³-hybridized carbons (Fsp3) is 0.154. The number of methoxy groups -OCH3 is 1. The highest BCUT2D eigenvalue weighted by Gasteiger charge is 2.40. The van der Waals surface area contributed by atoms with E-state index in [1.807, 2.05) is 43.3 Å². The molecule has 0 atom stereocenters. The minimum Gasteiger partial charge on any atom is -0.496 e. The Balaban J connectivity index is 1.74. The van der Waals surface area contributed by atoms with Crippen molar-refractivity contribution in [3.05, 3.63) is 95.4 Å². The van der Waals surface area contributed by atoms with Crippen LogP contribution >= 0.6 is 0 Å². The SMILES string of the molecule is COc1ccccc1C1=C(Nc2ccc(N(C)C)cc2)C(=O)N(Cc2ccc(F)cc2)C1=O. The van der Waals surface area contributed by atoms with E-state index in [4.69, 9.17) is 4.74 Å². The van der Waals surface area contributed by atoms with Crippen LogP contribution in [0.4, 0.5) is 15.8 Å². The minimum atomic E-state index is -0.457. The van der Waals surface area contributed by atoms with E-state index in [0.29, 0.717) is 22.6 Å². The molecule has 7 heteroatoms. The summed E-state index contributed by atoms with van der Waals surface area (Å²) in [6.45, 7) is 0.0291.